The molecule has 1 amide bonds. The Bertz CT molecular complexity index is 510. The molecule has 2 rings (SSSR count). The molecule has 3 nitrogen and oxygen atoms in total. The van der Waals surface area contributed by atoms with Crippen molar-refractivity contribution in [1.82, 2.24) is 9.80 Å². The van der Waals surface area contributed by atoms with E-state index in [0.29, 0.717) is 10.8 Å². The van der Waals surface area contributed by atoms with E-state index in [1.165, 1.54) is 17.0 Å². The van der Waals surface area contributed by atoms with E-state index in [4.69, 9.17) is 12.2 Å². The Balaban J connectivity index is 2.37. The van der Waals surface area contributed by atoms with E-state index in [2.05, 4.69) is 0 Å². The fourth-order valence-electron chi connectivity index (χ4n) is 1.61. The first-order valence-corrected chi connectivity index (χ1v) is 5.44. The summed E-state index contributed by atoms with van der Waals surface area (Å²) in [7, 11) is 3.37. The fourth-order valence-corrected chi connectivity index (χ4v) is 1.79. The monoisotopic (exact) mass is 250 g/mol. The van der Waals surface area contributed by atoms with Crippen molar-refractivity contribution in [3.63, 3.8) is 0 Å². The second-order valence-corrected chi connectivity index (χ2v) is 4.15. The van der Waals surface area contributed by atoms with Crippen molar-refractivity contribution in [2.75, 3.05) is 14.1 Å². The third-order valence-corrected chi connectivity index (χ3v) is 3.18. The number of likely N-dealkylation sites (N-methyl/N-ethyl adjacent to an activating group) is 2. The first-order valence-electron chi connectivity index (χ1n) is 5.03. The summed E-state index contributed by atoms with van der Waals surface area (Å²) in [5.41, 5.74) is 1.25. The number of carbonyl (C=O) groups is 1. The minimum atomic E-state index is -0.300. The fraction of sp³-hybridized carbons (Fsp3) is 0.167. The van der Waals surface area contributed by atoms with Gasteiger partial charge in [0.05, 0.1) is 0 Å². The van der Waals surface area contributed by atoms with E-state index >= 15 is 0 Å². The molecule has 0 aliphatic carbocycles. The summed E-state index contributed by atoms with van der Waals surface area (Å²) in [4.78, 5) is 14.9. The Labute approximate surface area is 104 Å². The average molecular weight is 250 g/mol. The summed E-state index contributed by atoms with van der Waals surface area (Å²) >= 11 is 5.09. The van der Waals surface area contributed by atoms with E-state index in [0.717, 1.165) is 5.56 Å². The quantitative estimate of drug-likeness (QED) is 0.561. The molecule has 0 aromatic heterocycles. The molecule has 0 bridgehead atoms. The molecule has 0 saturated carbocycles. The van der Waals surface area contributed by atoms with Crippen molar-refractivity contribution in [2.45, 2.75) is 0 Å². The molecule has 0 unspecified atom stereocenters. The zero-order valence-corrected chi connectivity index (χ0v) is 10.3. The van der Waals surface area contributed by atoms with Crippen molar-refractivity contribution >= 4 is 29.3 Å². The summed E-state index contributed by atoms with van der Waals surface area (Å²) in [5, 5.41) is 0.461. The lowest BCUT2D eigenvalue weighted by molar-refractivity contribution is -0.121. The highest BCUT2D eigenvalue weighted by atomic mass is 32.1. The van der Waals surface area contributed by atoms with Gasteiger partial charge in [0.25, 0.3) is 5.91 Å². The molecular weight excluding hydrogens is 239 g/mol. The van der Waals surface area contributed by atoms with Crippen LogP contribution in [0.4, 0.5) is 4.39 Å². The topological polar surface area (TPSA) is 23.6 Å². The SMILES string of the molecule is CN1C(=O)/C(=C\c2ccc(F)cc2)N(C)C1=S. The average Bonchev–Trinajstić information content (AvgIpc) is 2.50. The predicted molar refractivity (Wildman–Crippen MR) is 67.5 cm³/mol. The molecule has 0 radical (unpaired) electrons. The number of nitrogens with zero attached hydrogens (tertiary/aromatic N) is 2. The summed E-state index contributed by atoms with van der Waals surface area (Å²) in [6.07, 6.45) is 1.69. The molecule has 1 aromatic carbocycles. The Morgan fingerprint density at radius 3 is 2.24 bits per heavy atom. The second kappa shape index (κ2) is 4.25. The third-order valence-electron chi connectivity index (χ3n) is 2.63. The molecule has 17 heavy (non-hydrogen) atoms. The number of carbonyl (C=O) groups excluding carboxylic acids is 1. The molecule has 0 spiro atoms. The van der Waals surface area contributed by atoms with Crippen molar-refractivity contribution in [3.8, 4) is 0 Å². The largest absolute Gasteiger partial charge is 0.317 e. The van der Waals surface area contributed by atoms with E-state index in [1.54, 1.807) is 37.2 Å². The number of hydrogen-bond acceptors (Lipinski definition) is 2. The first-order chi connectivity index (χ1) is 8.00. The van der Waals surface area contributed by atoms with Crippen LogP contribution in [0.1, 0.15) is 5.56 Å². The van der Waals surface area contributed by atoms with Gasteiger partial charge in [0.1, 0.15) is 11.5 Å². The lowest BCUT2D eigenvalue weighted by atomic mass is 10.2. The summed E-state index contributed by atoms with van der Waals surface area (Å²) in [5.74, 6) is -0.451. The molecule has 1 aromatic rings. The van der Waals surface area contributed by atoms with Gasteiger partial charge in [-0.05, 0) is 36.0 Å². The minimum absolute atomic E-state index is 0.151. The highest BCUT2D eigenvalue weighted by Gasteiger charge is 2.32. The van der Waals surface area contributed by atoms with Crippen molar-refractivity contribution < 1.29 is 9.18 Å². The maximum atomic E-state index is 12.8. The van der Waals surface area contributed by atoms with E-state index in [-0.39, 0.29) is 11.7 Å². The van der Waals surface area contributed by atoms with Crippen molar-refractivity contribution in [3.05, 3.63) is 41.3 Å². The highest BCUT2D eigenvalue weighted by Crippen LogP contribution is 2.20. The maximum Gasteiger partial charge on any atom is 0.276 e. The van der Waals surface area contributed by atoms with Gasteiger partial charge in [0.2, 0.25) is 0 Å². The summed E-state index contributed by atoms with van der Waals surface area (Å²) in [6, 6.07) is 5.94. The van der Waals surface area contributed by atoms with Gasteiger partial charge >= 0.3 is 0 Å². The Kier molecular flexibility index (Phi) is 2.93. The number of thiocarbonyl (C=S) groups is 1. The van der Waals surface area contributed by atoms with Gasteiger partial charge in [-0.3, -0.25) is 9.69 Å². The molecule has 0 N–H and O–H groups in total. The van der Waals surface area contributed by atoms with Crippen LogP contribution in [0.3, 0.4) is 0 Å². The van der Waals surface area contributed by atoms with E-state index in [9.17, 15) is 9.18 Å². The predicted octanol–water partition coefficient (Wildman–Crippen LogP) is 1.86. The number of rotatable bonds is 1. The summed E-state index contributed by atoms with van der Waals surface area (Å²) < 4.78 is 12.8. The van der Waals surface area contributed by atoms with Gasteiger partial charge in [-0.2, -0.15) is 0 Å². The molecule has 0 atom stereocenters. The van der Waals surface area contributed by atoms with Gasteiger partial charge in [0.15, 0.2) is 5.11 Å². The Morgan fingerprint density at radius 1 is 1.18 bits per heavy atom. The van der Waals surface area contributed by atoms with Crippen LogP contribution in [-0.4, -0.2) is 34.9 Å². The van der Waals surface area contributed by atoms with Crippen LogP contribution in [0, 0.1) is 5.82 Å². The zero-order chi connectivity index (χ0) is 12.6. The van der Waals surface area contributed by atoms with E-state index in [1.807, 2.05) is 0 Å². The highest BCUT2D eigenvalue weighted by molar-refractivity contribution is 7.80. The smallest absolute Gasteiger partial charge is 0.276 e. The normalized spacial score (nSPS) is 18.4. The number of amides is 1. The Hall–Kier alpha value is -1.75. The standard InChI is InChI=1S/C12H11FN2OS/c1-14-10(11(16)15(2)12(14)17)7-8-3-5-9(13)6-4-8/h3-7H,1-2H3/b10-7+. The second-order valence-electron chi connectivity index (χ2n) is 3.79. The van der Waals surface area contributed by atoms with Crippen LogP contribution in [0.5, 0.6) is 0 Å². The lowest BCUT2D eigenvalue weighted by Gasteiger charge is -2.10. The molecule has 1 aliphatic heterocycles. The number of benzene rings is 1. The van der Waals surface area contributed by atoms with Gasteiger partial charge < -0.3 is 4.90 Å². The van der Waals surface area contributed by atoms with Crippen LogP contribution in [0.25, 0.3) is 6.08 Å². The molecule has 5 heteroatoms. The van der Waals surface area contributed by atoms with Crippen LogP contribution in [0.15, 0.2) is 30.0 Å². The van der Waals surface area contributed by atoms with E-state index < -0.39 is 0 Å². The van der Waals surface area contributed by atoms with Crippen LogP contribution < -0.4 is 0 Å². The molecule has 88 valence electrons. The maximum absolute atomic E-state index is 12.8. The molecule has 1 aliphatic rings. The van der Waals surface area contributed by atoms with Gasteiger partial charge in [-0.15, -0.1) is 0 Å². The number of hydrogen-bond donors (Lipinski definition) is 0. The molecule has 1 fully saturated rings. The van der Waals surface area contributed by atoms with Gasteiger partial charge in [-0.1, -0.05) is 12.1 Å². The zero-order valence-electron chi connectivity index (χ0n) is 9.48. The Morgan fingerprint density at radius 2 is 1.76 bits per heavy atom. The molecular formula is C12H11FN2OS. The molecule has 1 saturated heterocycles. The van der Waals surface area contributed by atoms with Crippen molar-refractivity contribution in [2.24, 2.45) is 0 Å². The van der Waals surface area contributed by atoms with Crippen LogP contribution in [0.2, 0.25) is 0 Å². The number of halogens is 1. The molecule has 1 heterocycles. The third kappa shape index (κ3) is 2.06. The van der Waals surface area contributed by atoms with Gasteiger partial charge in [-0.25, -0.2) is 4.39 Å². The van der Waals surface area contributed by atoms with Gasteiger partial charge in [0, 0.05) is 14.1 Å². The van der Waals surface area contributed by atoms with Crippen LogP contribution >= 0.6 is 12.2 Å². The van der Waals surface area contributed by atoms with Crippen molar-refractivity contribution in [1.29, 1.82) is 0 Å². The van der Waals surface area contributed by atoms with Crippen LogP contribution in [-0.2, 0) is 4.79 Å². The lowest BCUT2D eigenvalue weighted by Crippen LogP contribution is -2.26. The first kappa shape index (κ1) is 11.7. The minimum Gasteiger partial charge on any atom is -0.317 e. The summed E-state index contributed by atoms with van der Waals surface area (Å²) in [6.45, 7) is 0.